The van der Waals surface area contributed by atoms with E-state index in [0.717, 1.165) is 16.6 Å². The fourth-order valence-corrected chi connectivity index (χ4v) is 5.08. The predicted octanol–water partition coefficient (Wildman–Crippen LogP) is 6.60. The van der Waals surface area contributed by atoms with Crippen molar-refractivity contribution in [1.82, 2.24) is 18.9 Å². The van der Waals surface area contributed by atoms with Crippen molar-refractivity contribution in [2.45, 2.75) is 27.3 Å². The Morgan fingerprint density at radius 1 is 0.821 bits per heavy atom. The van der Waals surface area contributed by atoms with Gasteiger partial charge in [0.1, 0.15) is 5.69 Å². The van der Waals surface area contributed by atoms with Gasteiger partial charge < -0.3 is 14.1 Å². The number of fused-ring (bicyclic) bond motifs is 2. The molecule has 7 nitrogen and oxygen atoms in total. The van der Waals surface area contributed by atoms with Crippen LogP contribution in [0.5, 0.6) is 0 Å². The van der Waals surface area contributed by atoms with Gasteiger partial charge in [-0.05, 0) is 50.6 Å². The molecule has 0 radical (unpaired) electrons. The molecule has 4 aromatic heterocycles. The summed E-state index contributed by atoms with van der Waals surface area (Å²) in [5.41, 5.74) is 6.88. The fourth-order valence-electron chi connectivity index (χ4n) is 5.08. The number of hydrogen-bond acceptors (Lipinski definition) is 4. The summed E-state index contributed by atoms with van der Waals surface area (Å²) in [7, 11) is 0. The summed E-state index contributed by atoms with van der Waals surface area (Å²) in [5.74, 6) is -1.69. The van der Waals surface area contributed by atoms with Gasteiger partial charge in [-0.2, -0.15) is 0 Å². The molecule has 0 bridgehead atoms. The second-order valence-electron chi connectivity index (χ2n) is 9.11. The van der Waals surface area contributed by atoms with Crippen molar-refractivity contribution in [3.63, 3.8) is 0 Å². The second-order valence-corrected chi connectivity index (χ2v) is 9.11. The van der Waals surface area contributed by atoms with Crippen LogP contribution in [0.1, 0.15) is 44.9 Å². The van der Waals surface area contributed by atoms with Crippen LogP contribution in [0.25, 0.3) is 27.5 Å². The summed E-state index contributed by atoms with van der Waals surface area (Å²) in [5, 5.41) is 10.0. The first kappa shape index (κ1) is 25.6. The molecule has 0 spiro atoms. The third kappa shape index (κ3) is 4.70. The molecule has 0 saturated carbocycles. The average Bonchev–Trinajstić information content (AvgIpc) is 3.46. The zero-order chi connectivity index (χ0) is 27.5. The average molecular weight is 517 g/mol. The SMILES string of the molecule is CCn1c(C)c(C(=O)c2nccnc2C(=O)O)c2ccccc21.Cc1c(-c2ccccc2)cc2ccccn12. The number of carboxylic acids is 1. The molecular weight excluding hydrogens is 488 g/mol. The van der Waals surface area contributed by atoms with Gasteiger partial charge in [0.25, 0.3) is 0 Å². The third-order valence-corrected chi connectivity index (χ3v) is 6.91. The number of carbonyl (C=O) groups excluding carboxylic acids is 1. The summed E-state index contributed by atoms with van der Waals surface area (Å²) in [4.78, 5) is 32.0. The molecule has 1 N–H and O–H groups in total. The standard InChI is InChI=1S/C17H15N3O3.C15H13N/c1-3-20-10(2)13(11-6-4-5-7-12(11)20)16(21)14-15(17(22)23)19-9-8-18-14;1-12-15(13-7-3-2-4-8-13)11-14-9-5-6-10-16(12)14/h4-9H,3H2,1-2H3,(H,22,23);2-11H,1H3. The van der Waals surface area contributed by atoms with Crippen LogP contribution in [0.4, 0.5) is 0 Å². The van der Waals surface area contributed by atoms with Gasteiger partial charge in [-0.3, -0.25) is 4.79 Å². The lowest BCUT2D eigenvalue weighted by Crippen LogP contribution is -2.14. The number of pyridine rings is 1. The maximum atomic E-state index is 13.0. The molecule has 0 atom stereocenters. The van der Waals surface area contributed by atoms with Gasteiger partial charge in [0, 0.05) is 58.5 Å². The molecule has 194 valence electrons. The van der Waals surface area contributed by atoms with E-state index in [4.69, 9.17) is 0 Å². The molecule has 0 saturated heterocycles. The lowest BCUT2D eigenvalue weighted by Gasteiger charge is -2.05. The number of aryl methyl sites for hydroxylation is 2. The Morgan fingerprint density at radius 2 is 1.49 bits per heavy atom. The molecule has 0 aliphatic carbocycles. The van der Waals surface area contributed by atoms with E-state index in [1.165, 1.54) is 34.7 Å². The van der Waals surface area contributed by atoms with Crippen molar-refractivity contribution in [1.29, 1.82) is 0 Å². The normalized spacial score (nSPS) is 10.8. The number of para-hydroxylation sites is 1. The first-order valence-electron chi connectivity index (χ1n) is 12.7. The Kier molecular flexibility index (Phi) is 7.06. The summed E-state index contributed by atoms with van der Waals surface area (Å²) >= 11 is 0. The molecular formula is C32H28N4O3. The van der Waals surface area contributed by atoms with Crippen LogP contribution in [-0.2, 0) is 6.54 Å². The largest absolute Gasteiger partial charge is 0.476 e. The quantitative estimate of drug-likeness (QED) is 0.261. The van der Waals surface area contributed by atoms with E-state index >= 15 is 0 Å². The van der Waals surface area contributed by atoms with Crippen LogP contribution in [0.2, 0.25) is 0 Å². The highest BCUT2D eigenvalue weighted by molar-refractivity contribution is 6.19. The van der Waals surface area contributed by atoms with E-state index in [-0.39, 0.29) is 11.4 Å². The van der Waals surface area contributed by atoms with Crippen molar-refractivity contribution >= 4 is 28.2 Å². The summed E-state index contributed by atoms with van der Waals surface area (Å²) in [6, 6.07) is 26.6. The van der Waals surface area contributed by atoms with Gasteiger partial charge in [0.15, 0.2) is 5.69 Å². The van der Waals surface area contributed by atoms with E-state index in [1.807, 2.05) is 42.7 Å². The highest BCUT2D eigenvalue weighted by atomic mass is 16.4. The minimum absolute atomic E-state index is 0.137. The van der Waals surface area contributed by atoms with Gasteiger partial charge in [0.2, 0.25) is 5.78 Å². The Bertz CT molecular complexity index is 1820. The summed E-state index contributed by atoms with van der Waals surface area (Å²) in [6.07, 6.45) is 4.70. The van der Waals surface area contributed by atoms with Crippen LogP contribution >= 0.6 is 0 Å². The minimum atomic E-state index is -1.27. The minimum Gasteiger partial charge on any atom is -0.476 e. The summed E-state index contributed by atoms with van der Waals surface area (Å²) < 4.78 is 4.25. The first-order chi connectivity index (χ1) is 18.9. The third-order valence-electron chi connectivity index (χ3n) is 6.91. The molecule has 0 fully saturated rings. The van der Waals surface area contributed by atoms with Crippen molar-refractivity contribution in [3.8, 4) is 11.1 Å². The van der Waals surface area contributed by atoms with Crippen molar-refractivity contribution in [2.24, 2.45) is 0 Å². The van der Waals surface area contributed by atoms with Crippen molar-refractivity contribution in [2.75, 3.05) is 0 Å². The maximum Gasteiger partial charge on any atom is 0.356 e. The predicted molar refractivity (Wildman–Crippen MR) is 152 cm³/mol. The van der Waals surface area contributed by atoms with Crippen LogP contribution < -0.4 is 0 Å². The van der Waals surface area contributed by atoms with Gasteiger partial charge in [-0.25, -0.2) is 14.8 Å². The number of carbonyl (C=O) groups is 2. The highest BCUT2D eigenvalue weighted by Gasteiger charge is 2.26. The molecule has 0 unspecified atom stereocenters. The molecule has 4 heterocycles. The zero-order valence-electron chi connectivity index (χ0n) is 22.0. The molecule has 2 aromatic carbocycles. The van der Waals surface area contributed by atoms with Crippen molar-refractivity contribution in [3.05, 3.63) is 126 Å². The lowest BCUT2D eigenvalue weighted by molar-refractivity contribution is 0.0685. The van der Waals surface area contributed by atoms with Crippen molar-refractivity contribution < 1.29 is 14.7 Å². The van der Waals surface area contributed by atoms with E-state index in [0.29, 0.717) is 12.1 Å². The van der Waals surface area contributed by atoms with Crippen LogP contribution in [0.3, 0.4) is 0 Å². The molecule has 6 aromatic rings. The monoisotopic (exact) mass is 516 g/mol. The Hall–Kier alpha value is -5.04. The van der Waals surface area contributed by atoms with Gasteiger partial charge in [0.05, 0.1) is 5.56 Å². The van der Waals surface area contributed by atoms with E-state index in [2.05, 4.69) is 82.1 Å². The second kappa shape index (κ2) is 10.8. The lowest BCUT2D eigenvalue weighted by atomic mass is 10.0. The number of hydrogen-bond donors (Lipinski definition) is 1. The number of ketones is 1. The van der Waals surface area contributed by atoms with Gasteiger partial charge in [-0.15, -0.1) is 0 Å². The molecule has 0 aliphatic heterocycles. The van der Waals surface area contributed by atoms with Crippen LogP contribution in [0, 0.1) is 13.8 Å². The molecule has 7 heteroatoms. The van der Waals surface area contributed by atoms with Gasteiger partial charge >= 0.3 is 5.97 Å². The Morgan fingerprint density at radius 3 is 2.18 bits per heavy atom. The van der Waals surface area contributed by atoms with Crippen LogP contribution in [-0.4, -0.2) is 35.8 Å². The van der Waals surface area contributed by atoms with E-state index in [1.54, 1.807) is 0 Å². The topological polar surface area (TPSA) is 89.5 Å². The van der Waals surface area contributed by atoms with Crippen LogP contribution in [0.15, 0.2) is 97.5 Å². The fraction of sp³-hybridized carbons (Fsp3) is 0.125. The molecule has 0 amide bonds. The number of rotatable bonds is 5. The Labute approximate surface area is 226 Å². The molecule has 6 rings (SSSR count). The van der Waals surface area contributed by atoms with E-state index < -0.39 is 11.8 Å². The molecule has 0 aliphatic rings. The van der Waals surface area contributed by atoms with E-state index in [9.17, 15) is 14.7 Å². The number of benzene rings is 2. The number of carboxylic acid groups (broad SMARTS) is 1. The Balaban J connectivity index is 0.000000168. The molecule has 39 heavy (non-hydrogen) atoms. The maximum absolute atomic E-state index is 13.0. The number of nitrogens with zero attached hydrogens (tertiary/aromatic N) is 4. The van der Waals surface area contributed by atoms with Gasteiger partial charge in [-0.1, -0.05) is 54.6 Å². The number of aromatic carboxylic acids is 1. The summed E-state index contributed by atoms with van der Waals surface area (Å²) in [6.45, 7) is 6.73. The smallest absolute Gasteiger partial charge is 0.356 e. The number of aromatic nitrogens is 4. The first-order valence-corrected chi connectivity index (χ1v) is 12.7. The zero-order valence-corrected chi connectivity index (χ0v) is 22.0. The highest BCUT2D eigenvalue weighted by Crippen LogP contribution is 2.28.